The van der Waals surface area contributed by atoms with Gasteiger partial charge in [0.1, 0.15) is 5.82 Å². The van der Waals surface area contributed by atoms with Crippen molar-refractivity contribution in [3.63, 3.8) is 0 Å². The fourth-order valence-electron chi connectivity index (χ4n) is 3.52. The molecule has 0 spiro atoms. The third-order valence-electron chi connectivity index (χ3n) is 4.94. The number of pyridine rings is 1. The number of carbonyl (C=O) groups excluding carboxylic acids is 1. The van der Waals surface area contributed by atoms with Crippen LogP contribution in [0.15, 0.2) is 42.6 Å². The fourth-order valence-corrected chi connectivity index (χ4v) is 3.52. The third kappa shape index (κ3) is 3.30. The van der Waals surface area contributed by atoms with Crippen LogP contribution in [0.4, 0.5) is 11.5 Å². The van der Waals surface area contributed by atoms with Crippen LogP contribution in [0.2, 0.25) is 0 Å². The molecule has 0 aliphatic carbocycles. The molecule has 1 amide bonds. The maximum absolute atomic E-state index is 13.1. The lowest BCUT2D eigenvalue weighted by molar-refractivity contribution is -0.144. The Bertz CT molecular complexity index is 802. The summed E-state index contributed by atoms with van der Waals surface area (Å²) in [6, 6.07) is 11.7. The van der Waals surface area contributed by atoms with E-state index >= 15 is 0 Å². The molecule has 2 aromatic rings. The predicted octanol–water partition coefficient (Wildman–Crippen LogP) is 2.85. The first kappa shape index (κ1) is 17.0. The molecule has 0 saturated carbocycles. The SMILES string of the molecule is CC1(CCNc2ncccc2C(=O)N2CCc3ccccc32)OCCO1. The Morgan fingerprint density at radius 3 is 2.88 bits per heavy atom. The van der Waals surface area contributed by atoms with Gasteiger partial charge >= 0.3 is 0 Å². The van der Waals surface area contributed by atoms with Crippen LogP contribution in [-0.4, -0.2) is 43.0 Å². The number of anilines is 2. The molecule has 26 heavy (non-hydrogen) atoms. The Morgan fingerprint density at radius 2 is 2.04 bits per heavy atom. The minimum atomic E-state index is -0.556. The van der Waals surface area contributed by atoms with Gasteiger partial charge in [0.15, 0.2) is 5.79 Å². The second-order valence-electron chi connectivity index (χ2n) is 6.74. The average molecular weight is 353 g/mol. The lowest BCUT2D eigenvalue weighted by Gasteiger charge is -2.23. The number of carbonyl (C=O) groups is 1. The summed E-state index contributed by atoms with van der Waals surface area (Å²) in [5.41, 5.74) is 2.79. The van der Waals surface area contributed by atoms with Gasteiger partial charge in [-0.25, -0.2) is 4.98 Å². The highest BCUT2D eigenvalue weighted by molar-refractivity contribution is 6.10. The molecule has 0 bridgehead atoms. The molecule has 136 valence electrons. The summed E-state index contributed by atoms with van der Waals surface area (Å²) >= 11 is 0. The smallest absolute Gasteiger partial charge is 0.262 e. The lowest BCUT2D eigenvalue weighted by Crippen LogP contribution is -2.31. The van der Waals surface area contributed by atoms with Crippen LogP contribution in [0.25, 0.3) is 0 Å². The van der Waals surface area contributed by atoms with Crippen LogP contribution >= 0.6 is 0 Å². The van der Waals surface area contributed by atoms with Gasteiger partial charge in [0.05, 0.1) is 18.8 Å². The van der Waals surface area contributed by atoms with Gasteiger partial charge in [0.25, 0.3) is 5.91 Å². The van der Waals surface area contributed by atoms with E-state index in [1.165, 1.54) is 5.56 Å². The van der Waals surface area contributed by atoms with E-state index in [4.69, 9.17) is 9.47 Å². The fraction of sp³-hybridized carbons (Fsp3) is 0.400. The Morgan fingerprint density at radius 1 is 1.23 bits per heavy atom. The number of ether oxygens (including phenoxy) is 2. The largest absolute Gasteiger partial charge is 0.369 e. The van der Waals surface area contributed by atoms with E-state index in [1.807, 2.05) is 36.1 Å². The van der Waals surface area contributed by atoms with Crippen LogP contribution < -0.4 is 10.2 Å². The molecule has 0 unspecified atom stereocenters. The summed E-state index contributed by atoms with van der Waals surface area (Å²) in [5.74, 6) is 0.0217. The molecule has 2 aliphatic rings. The number of nitrogens with one attached hydrogen (secondary N) is 1. The van der Waals surface area contributed by atoms with Gasteiger partial charge in [-0.3, -0.25) is 4.79 Å². The number of benzene rings is 1. The average Bonchev–Trinajstić information content (AvgIpc) is 3.28. The number of aromatic nitrogens is 1. The molecule has 1 aromatic heterocycles. The first-order chi connectivity index (χ1) is 12.7. The number of hydrogen-bond donors (Lipinski definition) is 1. The van der Waals surface area contributed by atoms with Crippen LogP contribution in [0, 0.1) is 0 Å². The van der Waals surface area contributed by atoms with E-state index in [0.717, 1.165) is 12.1 Å². The number of para-hydroxylation sites is 1. The second-order valence-corrected chi connectivity index (χ2v) is 6.74. The van der Waals surface area contributed by atoms with E-state index < -0.39 is 5.79 Å². The highest BCUT2D eigenvalue weighted by atomic mass is 16.7. The molecule has 1 saturated heterocycles. The van der Waals surface area contributed by atoms with Crippen LogP contribution in [-0.2, 0) is 15.9 Å². The maximum Gasteiger partial charge on any atom is 0.262 e. The molecule has 6 nitrogen and oxygen atoms in total. The first-order valence-corrected chi connectivity index (χ1v) is 9.03. The molecular formula is C20H23N3O3. The molecule has 0 radical (unpaired) electrons. The topological polar surface area (TPSA) is 63.7 Å². The van der Waals surface area contributed by atoms with Crippen molar-refractivity contribution in [3.05, 3.63) is 53.7 Å². The van der Waals surface area contributed by atoms with Crippen molar-refractivity contribution in [3.8, 4) is 0 Å². The van der Waals surface area contributed by atoms with Gasteiger partial charge in [-0.1, -0.05) is 18.2 Å². The van der Waals surface area contributed by atoms with Crippen molar-refractivity contribution in [2.75, 3.05) is 36.5 Å². The first-order valence-electron chi connectivity index (χ1n) is 9.03. The third-order valence-corrected chi connectivity index (χ3v) is 4.94. The van der Waals surface area contributed by atoms with Crippen molar-refractivity contribution in [2.45, 2.75) is 25.6 Å². The second kappa shape index (κ2) is 7.05. The lowest BCUT2D eigenvalue weighted by atomic mass is 10.1. The molecule has 6 heteroatoms. The van der Waals surface area contributed by atoms with Crippen molar-refractivity contribution in [1.82, 2.24) is 4.98 Å². The molecule has 0 atom stereocenters. The van der Waals surface area contributed by atoms with E-state index in [-0.39, 0.29) is 5.91 Å². The van der Waals surface area contributed by atoms with Gasteiger partial charge < -0.3 is 19.7 Å². The van der Waals surface area contributed by atoms with Gasteiger partial charge in [-0.2, -0.15) is 0 Å². The van der Waals surface area contributed by atoms with E-state index in [0.29, 0.717) is 44.1 Å². The number of hydrogen-bond acceptors (Lipinski definition) is 5. The minimum Gasteiger partial charge on any atom is -0.369 e. The highest BCUT2D eigenvalue weighted by Crippen LogP contribution is 2.30. The summed E-state index contributed by atoms with van der Waals surface area (Å²) in [7, 11) is 0. The van der Waals surface area contributed by atoms with Gasteiger partial charge in [0, 0.05) is 31.4 Å². The number of fused-ring (bicyclic) bond motifs is 1. The molecule has 1 aromatic carbocycles. The minimum absolute atomic E-state index is 0.0230. The monoisotopic (exact) mass is 353 g/mol. The van der Waals surface area contributed by atoms with E-state index in [2.05, 4.69) is 16.4 Å². The molecule has 3 heterocycles. The van der Waals surface area contributed by atoms with Gasteiger partial charge in [0.2, 0.25) is 0 Å². The standard InChI is InChI=1S/C20H23N3O3/c1-20(25-13-14-26-20)9-11-22-18-16(6-4-10-21-18)19(24)23-12-8-15-5-2-3-7-17(15)23/h2-7,10H,8-9,11-14H2,1H3,(H,21,22). The van der Waals surface area contributed by atoms with Gasteiger partial charge in [-0.15, -0.1) is 0 Å². The zero-order chi connectivity index (χ0) is 18.0. The maximum atomic E-state index is 13.1. The normalized spacial score (nSPS) is 18.0. The predicted molar refractivity (Wildman–Crippen MR) is 99.5 cm³/mol. The summed E-state index contributed by atoms with van der Waals surface area (Å²) in [5, 5.41) is 3.28. The van der Waals surface area contributed by atoms with Crippen molar-refractivity contribution >= 4 is 17.4 Å². The number of rotatable bonds is 5. The molecular weight excluding hydrogens is 330 g/mol. The van der Waals surface area contributed by atoms with Crippen molar-refractivity contribution in [1.29, 1.82) is 0 Å². The van der Waals surface area contributed by atoms with Crippen molar-refractivity contribution < 1.29 is 14.3 Å². The summed E-state index contributed by atoms with van der Waals surface area (Å²) in [6.07, 6.45) is 3.27. The zero-order valence-corrected chi connectivity index (χ0v) is 14.9. The van der Waals surface area contributed by atoms with Crippen LogP contribution in [0.1, 0.15) is 29.3 Å². The molecule has 4 rings (SSSR count). The Balaban J connectivity index is 1.48. The Hall–Kier alpha value is -2.44. The molecule has 1 N–H and O–H groups in total. The van der Waals surface area contributed by atoms with Gasteiger partial charge in [-0.05, 0) is 37.1 Å². The summed E-state index contributed by atoms with van der Waals surface area (Å²) in [4.78, 5) is 19.3. The summed E-state index contributed by atoms with van der Waals surface area (Å²) in [6.45, 7) is 4.50. The highest BCUT2D eigenvalue weighted by Gasteiger charge is 2.31. The molecule has 2 aliphatic heterocycles. The zero-order valence-electron chi connectivity index (χ0n) is 14.9. The number of nitrogens with zero attached hydrogens (tertiary/aromatic N) is 2. The summed E-state index contributed by atoms with van der Waals surface area (Å²) < 4.78 is 11.2. The van der Waals surface area contributed by atoms with Crippen LogP contribution in [0.5, 0.6) is 0 Å². The Kier molecular flexibility index (Phi) is 4.61. The quantitative estimate of drug-likeness (QED) is 0.895. The number of amides is 1. The molecule has 1 fully saturated rings. The van der Waals surface area contributed by atoms with E-state index in [1.54, 1.807) is 12.3 Å². The van der Waals surface area contributed by atoms with Crippen LogP contribution in [0.3, 0.4) is 0 Å². The Labute approximate surface area is 153 Å². The van der Waals surface area contributed by atoms with E-state index in [9.17, 15) is 4.79 Å². The van der Waals surface area contributed by atoms with Crippen molar-refractivity contribution in [2.24, 2.45) is 0 Å².